The van der Waals surface area contributed by atoms with Crippen LogP contribution in [0.15, 0.2) is 0 Å². The summed E-state index contributed by atoms with van der Waals surface area (Å²) in [6.07, 6.45) is 0.373. The van der Waals surface area contributed by atoms with E-state index in [1.165, 1.54) is 0 Å². The molecule has 0 bridgehead atoms. The van der Waals surface area contributed by atoms with Crippen LogP contribution in [-0.2, 0) is 14.3 Å². The molecule has 0 fully saturated rings. The second-order valence-corrected chi connectivity index (χ2v) is 4.93. The Morgan fingerprint density at radius 3 is 2.18 bits per heavy atom. The molecule has 0 aliphatic carbocycles. The topological polar surface area (TPSA) is 63.6 Å². The van der Waals surface area contributed by atoms with E-state index in [1.807, 2.05) is 28.1 Å². The predicted octanol–water partition coefficient (Wildman–Crippen LogP) is 1.30. The number of nitrogens with zero attached hydrogens (tertiary/aromatic N) is 1. The maximum atomic E-state index is 11.3. The van der Waals surface area contributed by atoms with Crippen molar-refractivity contribution in [2.45, 2.75) is 32.3 Å². The number of likely N-dealkylation sites (N-methyl/N-ethyl adjacent to an activating group) is 1. The van der Waals surface area contributed by atoms with Gasteiger partial charge in [0.1, 0.15) is 6.54 Å². The van der Waals surface area contributed by atoms with Crippen molar-refractivity contribution >= 4 is 24.3 Å². The zero-order valence-electron chi connectivity index (χ0n) is 10.9. The van der Waals surface area contributed by atoms with Gasteiger partial charge in [-0.3, -0.25) is 9.59 Å². The minimum absolute atomic E-state index is 0. The first kappa shape index (κ1) is 18.6. The van der Waals surface area contributed by atoms with Gasteiger partial charge in [-0.25, -0.2) is 0 Å². The monoisotopic (exact) mass is 268 g/mol. The Bertz CT molecular complexity index is 250. The highest BCUT2D eigenvalue weighted by atomic mass is 35.5. The number of ether oxygens (including phenoxy) is 1. The van der Waals surface area contributed by atoms with Crippen LogP contribution < -0.4 is 0 Å². The maximum absolute atomic E-state index is 11.3. The number of carboxylic acid groups (broad SMARTS) is 1. The van der Waals surface area contributed by atoms with E-state index in [2.05, 4.69) is 0 Å². The van der Waals surface area contributed by atoms with Gasteiger partial charge in [-0.1, -0.05) is 6.92 Å². The second kappa shape index (κ2) is 8.31. The molecule has 0 rings (SSSR count). The average Bonchev–Trinajstić information content (AvgIpc) is 1.98. The lowest BCUT2D eigenvalue weighted by atomic mass is 10.2. The molecular weight excluding hydrogens is 246 g/mol. The van der Waals surface area contributed by atoms with Gasteiger partial charge < -0.3 is 14.3 Å². The van der Waals surface area contributed by atoms with Crippen LogP contribution in [-0.4, -0.2) is 55.3 Å². The Kier molecular flexibility index (Phi) is 9.06. The number of carboxylic acids is 1. The standard InChI is InChI=1S/C11H21NO4.ClH/c1-5-6-11(15)16-9(7-10(13)14)8-12(2,3)4;/h9H,5-8H2,1-4H3;1H/p+1/t9-;/m1./s1. The SMILES string of the molecule is CCCC(=O)O[C@H](CC(=O)O)C[N+](C)(C)C.Cl. The zero-order chi connectivity index (χ0) is 12.8. The van der Waals surface area contributed by atoms with E-state index in [0.29, 0.717) is 23.9 Å². The van der Waals surface area contributed by atoms with E-state index in [0.717, 1.165) is 0 Å². The first-order chi connectivity index (χ1) is 7.24. The van der Waals surface area contributed by atoms with Crippen LogP contribution in [0.25, 0.3) is 0 Å². The van der Waals surface area contributed by atoms with Gasteiger partial charge in [-0.05, 0) is 6.42 Å². The molecule has 0 heterocycles. The molecule has 0 saturated heterocycles. The maximum Gasteiger partial charge on any atom is 0.307 e. The van der Waals surface area contributed by atoms with Crippen molar-refractivity contribution in [3.8, 4) is 0 Å². The Morgan fingerprint density at radius 1 is 1.29 bits per heavy atom. The van der Waals surface area contributed by atoms with Gasteiger partial charge in [0.05, 0.1) is 27.6 Å². The molecule has 1 atom stereocenters. The fourth-order valence-corrected chi connectivity index (χ4v) is 1.40. The molecule has 102 valence electrons. The lowest BCUT2D eigenvalue weighted by Crippen LogP contribution is -2.43. The summed E-state index contributed by atoms with van der Waals surface area (Å²) in [6.45, 7) is 2.38. The average molecular weight is 269 g/mol. The second-order valence-electron chi connectivity index (χ2n) is 4.93. The Hall–Kier alpha value is -0.810. The van der Waals surface area contributed by atoms with Gasteiger partial charge in [-0.2, -0.15) is 0 Å². The Labute approximate surface area is 109 Å². The fourth-order valence-electron chi connectivity index (χ4n) is 1.40. The van der Waals surface area contributed by atoms with Crippen LogP contribution >= 0.6 is 12.4 Å². The molecule has 0 aliphatic rings. The van der Waals surface area contributed by atoms with Crippen LogP contribution in [0.2, 0.25) is 0 Å². The quantitative estimate of drug-likeness (QED) is 0.558. The summed E-state index contributed by atoms with van der Waals surface area (Å²) < 4.78 is 5.71. The number of aliphatic carboxylic acids is 1. The lowest BCUT2D eigenvalue weighted by molar-refractivity contribution is -0.873. The van der Waals surface area contributed by atoms with Crippen LogP contribution in [0.3, 0.4) is 0 Å². The molecule has 5 nitrogen and oxygen atoms in total. The van der Waals surface area contributed by atoms with Gasteiger partial charge in [0.2, 0.25) is 0 Å². The van der Waals surface area contributed by atoms with Crippen molar-refractivity contribution in [1.29, 1.82) is 0 Å². The van der Waals surface area contributed by atoms with E-state index < -0.39 is 12.1 Å². The molecule has 0 unspecified atom stereocenters. The minimum Gasteiger partial charge on any atom is -0.481 e. The zero-order valence-corrected chi connectivity index (χ0v) is 11.7. The van der Waals surface area contributed by atoms with E-state index in [4.69, 9.17) is 9.84 Å². The number of quaternary nitrogens is 1. The number of esters is 1. The number of hydrogen-bond acceptors (Lipinski definition) is 3. The molecule has 0 aromatic carbocycles. The van der Waals surface area contributed by atoms with Gasteiger partial charge in [-0.15, -0.1) is 12.4 Å². The number of rotatable bonds is 7. The highest BCUT2D eigenvalue weighted by molar-refractivity contribution is 5.85. The third kappa shape index (κ3) is 11.5. The molecule has 17 heavy (non-hydrogen) atoms. The fraction of sp³-hybridized carbons (Fsp3) is 0.818. The normalized spacial score (nSPS) is 12.5. The molecule has 0 aromatic heterocycles. The van der Waals surface area contributed by atoms with Crippen LogP contribution in [0.5, 0.6) is 0 Å². The molecule has 0 spiro atoms. The third-order valence-electron chi connectivity index (χ3n) is 1.91. The van der Waals surface area contributed by atoms with Crippen molar-refractivity contribution in [3.05, 3.63) is 0 Å². The van der Waals surface area contributed by atoms with Crippen molar-refractivity contribution in [2.75, 3.05) is 27.7 Å². The van der Waals surface area contributed by atoms with Crippen molar-refractivity contribution in [2.24, 2.45) is 0 Å². The summed E-state index contributed by atoms with van der Waals surface area (Å²) in [5.74, 6) is -1.26. The lowest BCUT2D eigenvalue weighted by Gasteiger charge is -2.28. The van der Waals surface area contributed by atoms with Crippen molar-refractivity contribution in [3.63, 3.8) is 0 Å². The number of carbonyl (C=O) groups excluding carboxylic acids is 1. The highest BCUT2D eigenvalue weighted by Crippen LogP contribution is 2.07. The molecule has 0 radical (unpaired) electrons. The van der Waals surface area contributed by atoms with Crippen molar-refractivity contribution < 1.29 is 23.9 Å². The van der Waals surface area contributed by atoms with Crippen LogP contribution in [0, 0.1) is 0 Å². The van der Waals surface area contributed by atoms with E-state index in [9.17, 15) is 9.59 Å². The summed E-state index contributed by atoms with van der Waals surface area (Å²) in [6, 6.07) is 0. The summed E-state index contributed by atoms with van der Waals surface area (Å²) in [5, 5.41) is 8.73. The molecule has 6 heteroatoms. The largest absolute Gasteiger partial charge is 0.481 e. The highest BCUT2D eigenvalue weighted by Gasteiger charge is 2.24. The van der Waals surface area contributed by atoms with Gasteiger partial charge >= 0.3 is 11.9 Å². The van der Waals surface area contributed by atoms with Crippen molar-refractivity contribution in [1.82, 2.24) is 0 Å². The first-order valence-electron chi connectivity index (χ1n) is 5.46. The molecule has 0 saturated carbocycles. The Balaban J connectivity index is 0. The summed E-state index contributed by atoms with van der Waals surface area (Å²) in [5.41, 5.74) is 0. The number of halogens is 1. The number of carbonyl (C=O) groups is 2. The van der Waals surface area contributed by atoms with Gasteiger partial charge in [0.15, 0.2) is 6.10 Å². The minimum atomic E-state index is -0.942. The third-order valence-corrected chi connectivity index (χ3v) is 1.91. The first-order valence-corrected chi connectivity index (χ1v) is 5.46. The van der Waals surface area contributed by atoms with E-state index in [1.54, 1.807) is 0 Å². The Morgan fingerprint density at radius 2 is 1.82 bits per heavy atom. The smallest absolute Gasteiger partial charge is 0.307 e. The van der Waals surface area contributed by atoms with E-state index >= 15 is 0 Å². The number of hydrogen-bond donors (Lipinski definition) is 1. The van der Waals surface area contributed by atoms with E-state index in [-0.39, 0.29) is 24.8 Å². The molecule has 0 aliphatic heterocycles. The van der Waals surface area contributed by atoms with Crippen LogP contribution in [0.1, 0.15) is 26.2 Å². The summed E-state index contributed by atoms with van der Waals surface area (Å²) >= 11 is 0. The van der Waals surface area contributed by atoms with Gasteiger partial charge in [0, 0.05) is 6.42 Å². The summed E-state index contributed by atoms with van der Waals surface area (Å²) in [7, 11) is 5.80. The van der Waals surface area contributed by atoms with Gasteiger partial charge in [0.25, 0.3) is 0 Å². The molecule has 0 amide bonds. The predicted molar refractivity (Wildman–Crippen MR) is 67.2 cm³/mol. The summed E-state index contributed by atoms with van der Waals surface area (Å²) in [4.78, 5) is 21.9. The van der Waals surface area contributed by atoms with Crippen LogP contribution in [0.4, 0.5) is 0 Å². The molecule has 1 N–H and O–H groups in total. The molecule has 0 aromatic rings. The molecular formula is C11H23ClNO4+.